The molecule has 12 nitrogen and oxygen atoms in total. The topological polar surface area (TPSA) is 195 Å². The van der Waals surface area contributed by atoms with E-state index in [1.165, 1.54) is 0 Å². The molecular formula is C14H24N2O10. The molecule has 0 unspecified atom stereocenters. The lowest BCUT2D eigenvalue weighted by atomic mass is 9.93. The Hall–Kier alpha value is -1.83. The standard InChI is InChI=1S/C14H24N2O10/c1-5(19)15-9-10(16-6(2)20)14(25-8(4-18)7(21)3-17)26-12(11(9)22)13(23)24/h7-12,14,17-18,21-22H,3-4H2,1-2H3,(H,15,19)(H,16,20)(H,23,24)/t7-,8-,9-,10-,11+,12+,14-/m1/s1. The van der Waals surface area contributed by atoms with Crippen molar-refractivity contribution in [1.29, 1.82) is 0 Å². The van der Waals surface area contributed by atoms with Crippen LogP contribution in [-0.4, -0.2) is 99.3 Å². The molecule has 0 aromatic carbocycles. The third-order valence-corrected chi connectivity index (χ3v) is 3.73. The third kappa shape index (κ3) is 5.59. The first-order chi connectivity index (χ1) is 12.1. The first-order valence-corrected chi connectivity index (χ1v) is 7.78. The molecule has 12 heteroatoms. The fourth-order valence-corrected chi connectivity index (χ4v) is 2.55. The Morgan fingerprint density at radius 2 is 1.62 bits per heavy atom. The van der Waals surface area contributed by atoms with Gasteiger partial charge in [-0.3, -0.25) is 9.59 Å². The van der Waals surface area contributed by atoms with Gasteiger partial charge in [0.2, 0.25) is 11.8 Å². The molecule has 150 valence electrons. The molecule has 0 aliphatic carbocycles. The number of carbonyl (C=O) groups excluding carboxylic acids is 2. The second-order valence-corrected chi connectivity index (χ2v) is 5.81. The van der Waals surface area contributed by atoms with E-state index in [0.29, 0.717) is 0 Å². The highest BCUT2D eigenvalue weighted by molar-refractivity contribution is 5.77. The van der Waals surface area contributed by atoms with E-state index in [1.54, 1.807) is 0 Å². The van der Waals surface area contributed by atoms with Crippen molar-refractivity contribution >= 4 is 17.8 Å². The van der Waals surface area contributed by atoms with Crippen LogP contribution in [0.4, 0.5) is 0 Å². The van der Waals surface area contributed by atoms with Gasteiger partial charge in [0.25, 0.3) is 0 Å². The molecule has 1 fully saturated rings. The molecule has 0 aromatic rings. The van der Waals surface area contributed by atoms with Crippen molar-refractivity contribution < 1.29 is 49.4 Å². The number of aliphatic hydroxyl groups excluding tert-OH is 4. The van der Waals surface area contributed by atoms with Gasteiger partial charge in [0.15, 0.2) is 12.4 Å². The fourth-order valence-electron chi connectivity index (χ4n) is 2.55. The maximum atomic E-state index is 11.5. The van der Waals surface area contributed by atoms with Crippen LogP contribution in [0, 0.1) is 0 Å². The average molecular weight is 380 g/mol. The van der Waals surface area contributed by atoms with E-state index >= 15 is 0 Å². The van der Waals surface area contributed by atoms with Crippen molar-refractivity contribution in [2.45, 2.75) is 56.6 Å². The highest BCUT2D eigenvalue weighted by atomic mass is 16.7. The van der Waals surface area contributed by atoms with Gasteiger partial charge in [0, 0.05) is 13.8 Å². The minimum absolute atomic E-state index is 0.591. The normalized spacial score (nSPS) is 30.9. The van der Waals surface area contributed by atoms with Crippen molar-refractivity contribution in [3.05, 3.63) is 0 Å². The van der Waals surface area contributed by atoms with Gasteiger partial charge in [0.1, 0.15) is 24.4 Å². The number of hydrogen-bond acceptors (Lipinski definition) is 9. The molecule has 2 amide bonds. The van der Waals surface area contributed by atoms with E-state index < -0.39 is 73.8 Å². The number of carboxylic acid groups (broad SMARTS) is 1. The summed E-state index contributed by atoms with van der Waals surface area (Å²) >= 11 is 0. The van der Waals surface area contributed by atoms with E-state index in [0.717, 1.165) is 13.8 Å². The van der Waals surface area contributed by atoms with Crippen molar-refractivity contribution in [3.63, 3.8) is 0 Å². The second kappa shape index (κ2) is 9.75. The van der Waals surface area contributed by atoms with Gasteiger partial charge in [-0.15, -0.1) is 0 Å². The van der Waals surface area contributed by atoms with E-state index in [4.69, 9.17) is 14.6 Å². The highest BCUT2D eigenvalue weighted by Crippen LogP contribution is 2.24. The fraction of sp³-hybridized carbons (Fsp3) is 0.786. The Morgan fingerprint density at radius 3 is 2.04 bits per heavy atom. The summed E-state index contributed by atoms with van der Waals surface area (Å²) in [5, 5.41) is 52.1. The number of aliphatic hydroxyl groups is 4. The summed E-state index contributed by atoms with van der Waals surface area (Å²) in [6.07, 6.45) is -7.98. The van der Waals surface area contributed by atoms with E-state index in [1.807, 2.05) is 0 Å². The zero-order valence-electron chi connectivity index (χ0n) is 14.2. The Bertz CT molecular complexity index is 516. The van der Waals surface area contributed by atoms with E-state index in [9.17, 15) is 34.8 Å². The molecule has 26 heavy (non-hydrogen) atoms. The van der Waals surface area contributed by atoms with Crippen molar-refractivity contribution in [2.75, 3.05) is 13.2 Å². The van der Waals surface area contributed by atoms with Crippen LogP contribution in [0.5, 0.6) is 0 Å². The lowest BCUT2D eigenvalue weighted by Gasteiger charge is -2.44. The smallest absolute Gasteiger partial charge is 0.335 e. The third-order valence-electron chi connectivity index (χ3n) is 3.73. The SMILES string of the molecule is CC(=O)N[C@H]1[C@H](O[C@H](CO)[C@H](O)CO)O[C@H](C(=O)O)[C@@H](O)[C@@H]1NC(C)=O. The minimum Gasteiger partial charge on any atom is -0.479 e. The Morgan fingerprint density at radius 1 is 1.08 bits per heavy atom. The Kier molecular flexibility index (Phi) is 8.33. The van der Waals surface area contributed by atoms with Gasteiger partial charge in [-0.2, -0.15) is 0 Å². The zero-order chi connectivity index (χ0) is 20.0. The molecule has 0 spiro atoms. The summed E-state index contributed by atoms with van der Waals surface area (Å²) in [5.74, 6) is -2.75. The minimum atomic E-state index is -1.81. The molecule has 7 atom stereocenters. The van der Waals surface area contributed by atoms with Crippen LogP contribution in [-0.2, 0) is 23.9 Å². The van der Waals surface area contributed by atoms with Crippen molar-refractivity contribution in [2.24, 2.45) is 0 Å². The molecule has 1 heterocycles. The summed E-state index contributed by atoms with van der Waals surface area (Å²) in [6.45, 7) is 0.761. The quantitative estimate of drug-likeness (QED) is 0.217. The van der Waals surface area contributed by atoms with Crippen LogP contribution in [0.1, 0.15) is 13.8 Å². The lowest BCUT2D eigenvalue weighted by Crippen LogP contribution is -2.70. The van der Waals surface area contributed by atoms with E-state index in [2.05, 4.69) is 10.6 Å². The molecule has 1 rings (SSSR count). The lowest BCUT2D eigenvalue weighted by molar-refractivity contribution is -0.271. The van der Waals surface area contributed by atoms with Crippen LogP contribution < -0.4 is 10.6 Å². The Balaban J connectivity index is 3.19. The van der Waals surface area contributed by atoms with Gasteiger partial charge >= 0.3 is 5.97 Å². The molecule has 1 aliphatic heterocycles. The number of hydrogen-bond donors (Lipinski definition) is 7. The van der Waals surface area contributed by atoms with Crippen LogP contribution in [0.2, 0.25) is 0 Å². The predicted molar refractivity (Wildman–Crippen MR) is 82.6 cm³/mol. The molecule has 0 saturated carbocycles. The number of rotatable bonds is 8. The Labute approximate surface area is 148 Å². The molecule has 0 bridgehead atoms. The van der Waals surface area contributed by atoms with Gasteiger partial charge in [-0.05, 0) is 0 Å². The number of ether oxygens (including phenoxy) is 2. The number of nitrogens with one attached hydrogen (secondary N) is 2. The molecule has 0 aromatic heterocycles. The maximum Gasteiger partial charge on any atom is 0.335 e. The van der Waals surface area contributed by atoms with Crippen molar-refractivity contribution in [3.8, 4) is 0 Å². The first kappa shape index (κ1) is 22.2. The average Bonchev–Trinajstić information content (AvgIpc) is 2.55. The molecular weight excluding hydrogens is 356 g/mol. The zero-order valence-corrected chi connectivity index (χ0v) is 14.2. The predicted octanol–water partition coefficient (Wildman–Crippen LogP) is -4.10. The molecule has 1 aliphatic rings. The van der Waals surface area contributed by atoms with Crippen LogP contribution in [0.15, 0.2) is 0 Å². The van der Waals surface area contributed by atoms with Gasteiger partial charge in [-0.1, -0.05) is 0 Å². The van der Waals surface area contributed by atoms with E-state index in [-0.39, 0.29) is 0 Å². The van der Waals surface area contributed by atoms with Crippen LogP contribution >= 0.6 is 0 Å². The largest absolute Gasteiger partial charge is 0.479 e. The van der Waals surface area contributed by atoms with Gasteiger partial charge in [-0.25, -0.2) is 4.79 Å². The van der Waals surface area contributed by atoms with Gasteiger partial charge in [0.05, 0.1) is 19.3 Å². The second-order valence-electron chi connectivity index (χ2n) is 5.81. The summed E-state index contributed by atoms with van der Waals surface area (Å²) in [5.41, 5.74) is 0. The number of amides is 2. The summed E-state index contributed by atoms with van der Waals surface area (Å²) < 4.78 is 10.5. The number of carbonyl (C=O) groups is 3. The summed E-state index contributed by atoms with van der Waals surface area (Å²) in [4.78, 5) is 34.2. The van der Waals surface area contributed by atoms with Gasteiger partial charge < -0.3 is 45.6 Å². The van der Waals surface area contributed by atoms with Crippen molar-refractivity contribution in [1.82, 2.24) is 10.6 Å². The summed E-state index contributed by atoms with van der Waals surface area (Å²) in [7, 11) is 0. The maximum absolute atomic E-state index is 11.5. The number of aliphatic carboxylic acids is 1. The first-order valence-electron chi connectivity index (χ1n) is 7.78. The van der Waals surface area contributed by atoms with Crippen LogP contribution in [0.3, 0.4) is 0 Å². The highest BCUT2D eigenvalue weighted by Gasteiger charge is 2.50. The summed E-state index contributed by atoms with van der Waals surface area (Å²) in [6, 6.07) is -2.52. The molecule has 7 N–H and O–H groups in total. The molecule has 1 saturated heterocycles. The van der Waals surface area contributed by atoms with Crippen LogP contribution in [0.25, 0.3) is 0 Å². The molecule has 0 radical (unpaired) electrons. The number of carboxylic acids is 1. The monoisotopic (exact) mass is 380 g/mol.